The van der Waals surface area contributed by atoms with Crippen molar-refractivity contribution in [1.29, 1.82) is 0 Å². The number of esters is 1. The fourth-order valence-electron chi connectivity index (χ4n) is 2.79. The average Bonchev–Trinajstić information content (AvgIpc) is 3.37. The first-order valence-electron chi connectivity index (χ1n) is 9.60. The Morgan fingerprint density at radius 1 is 0.875 bits per heavy atom. The molecule has 0 radical (unpaired) electrons. The summed E-state index contributed by atoms with van der Waals surface area (Å²) >= 11 is 0. The molecule has 0 atom stereocenters. The van der Waals surface area contributed by atoms with Crippen LogP contribution in [0.5, 0.6) is 23.0 Å². The number of nitrogens with one attached hydrogen (secondary N) is 1. The molecule has 1 N–H and O–H groups in total. The van der Waals surface area contributed by atoms with Crippen LogP contribution in [0.1, 0.15) is 20.9 Å². The fraction of sp³-hybridized carbons (Fsp3) is 0.217. The van der Waals surface area contributed by atoms with Crippen molar-refractivity contribution in [2.24, 2.45) is 0 Å². The second-order valence-electron chi connectivity index (χ2n) is 6.34. The molecule has 9 nitrogen and oxygen atoms in total. The Morgan fingerprint density at radius 2 is 1.56 bits per heavy atom. The highest BCUT2D eigenvalue weighted by Gasteiger charge is 2.21. The van der Waals surface area contributed by atoms with Crippen molar-refractivity contribution in [2.75, 3.05) is 39.9 Å². The number of carbonyl (C=O) groups is 2. The molecule has 1 aromatic heterocycles. The molecular formula is C23H23NO8. The zero-order chi connectivity index (χ0) is 22.9. The number of amides is 1. The maximum Gasteiger partial charge on any atom is 0.340 e. The highest BCUT2D eigenvalue weighted by molar-refractivity contribution is 6.07. The van der Waals surface area contributed by atoms with Crippen molar-refractivity contribution in [3.8, 4) is 23.0 Å². The first-order chi connectivity index (χ1) is 15.5. The third-order valence-corrected chi connectivity index (χ3v) is 4.38. The Balaban J connectivity index is 1.69. The highest BCUT2D eigenvalue weighted by Crippen LogP contribution is 2.34. The molecule has 9 heteroatoms. The Bertz CT molecular complexity index is 1040. The van der Waals surface area contributed by atoms with Crippen LogP contribution in [0.4, 0.5) is 5.69 Å². The third kappa shape index (κ3) is 5.51. The molecule has 32 heavy (non-hydrogen) atoms. The van der Waals surface area contributed by atoms with Gasteiger partial charge in [-0.25, -0.2) is 4.79 Å². The lowest BCUT2D eigenvalue weighted by molar-refractivity contribution is 0.0451. The lowest BCUT2D eigenvalue weighted by Crippen LogP contribution is -2.17. The molecule has 0 saturated carbocycles. The van der Waals surface area contributed by atoms with E-state index in [1.165, 1.54) is 38.7 Å². The van der Waals surface area contributed by atoms with Gasteiger partial charge in [-0.3, -0.25) is 4.79 Å². The molecule has 0 aliphatic heterocycles. The van der Waals surface area contributed by atoms with Crippen LogP contribution < -0.4 is 24.3 Å². The summed E-state index contributed by atoms with van der Waals surface area (Å²) in [5, 5.41) is 2.63. The smallest absolute Gasteiger partial charge is 0.340 e. The Hall–Kier alpha value is -4.14. The molecular weight excluding hydrogens is 418 g/mol. The maximum absolute atomic E-state index is 12.7. The van der Waals surface area contributed by atoms with E-state index < -0.39 is 11.9 Å². The zero-order valence-corrected chi connectivity index (χ0v) is 17.9. The summed E-state index contributed by atoms with van der Waals surface area (Å²) in [6.45, 7) is 0.129. The summed E-state index contributed by atoms with van der Waals surface area (Å²) in [4.78, 5) is 25.1. The molecule has 0 aliphatic rings. The largest absolute Gasteiger partial charge is 0.497 e. The van der Waals surface area contributed by atoms with Crippen LogP contribution in [0.2, 0.25) is 0 Å². The van der Waals surface area contributed by atoms with Crippen molar-refractivity contribution >= 4 is 17.6 Å². The normalized spacial score (nSPS) is 10.2. The minimum absolute atomic E-state index is 0.00915. The minimum Gasteiger partial charge on any atom is -0.497 e. The lowest BCUT2D eigenvalue weighted by atomic mass is 10.1. The molecule has 1 amide bonds. The van der Waals surface area contributed by atoms with Gasteiger partial charge >= 0.3 is 5.97 Å². The highest BCUT2D eigenvalue weighted by atomic mass is 16.6. The monoisotopic (exact) mass is 441 g/mol. The van der Waals surface area contributed by atoms with E-state index in [1.807, 2.05) is 0 Å². The van der Waals surface area contributed by atoms with Gasteiger partial charge in [-0.15, -0.1) is 0 Å². The standard InChI is InChI=1S/C23H23NO8/c1-27-15-6-8-16(9-7-15)30-11-12-32-23(26)17-13-20(28-2)21(29-3)14-18(17)24-22(25)19-5-4-10-31-19/h4-10,13-14H,11-12H2,1-3H3,(H,24,25). The number of ether oxygens (including phenoxy) is 5. The summed E-state index contributed by atoms with van der Waals surface area (Å²) in [6.07, 6.45) is 1.38. The number of methoxy groups -OCH3 is 3. The van der Waals surface area contributed by atoms with Gasteiger partial charge in [-0.1, -0.05) is 0 Å². The second-order valence-corrected chi connectivity index (χ2v) is 6.34. The van der Waals surface area contributed by atoms with E-state index in [4.69, 9.17) is 28.1 Å². The first-order valence-corrected chi connectivity index (χ1v) is 9.60. The quantitative estimate of drug-likeness (QED) is 0.374. The Morgan fingerprint density at radius 3 is 2.19 bits per heavy atom. The predicted octanol–water partition coefficient (Wildman–Crippen LogP) is 3.79. The van der Waals surface area contributed by atoms with Gasteiger partial charge in [0.1, 0.15) is 24.7 Å². The summed E-state index contributed by atoms with van der Waals surface area (Å²) in [7, 11) is 4.47. The van der Waals surface area contributed by atoms with Gasteiger partial charge in [0.05, 0.1) is 38.8 Å². The number of benzene rings is 2. The van der Waals surface area contributed by atoms with E-state index in [9.17, 15) is 9.59 Å². The van der Waals surface area contributed by atoms with Crippen LogP contribution in [0.15, 0.2) is 59.2 Å². The molecule has 0 saturated heterocycles. The number of carbonyl (C=O) groups excluding carboxylic acids is 2. The van der Waals surface area contributed by atoms with E-state index >= 15 is 0 Å². The summed E-state index contributed by atoms with van der Waals surface area (Å²) in [5.41, 5.74) is 0.275. The van der Waals surface area contributed by atoms with Crippen molar-refractivity contribution in [1.82, 2.24) is 0 Å². The molecule has 3 aromatic rings. The van der Waals surface area contributed by atoms with Crippen LogP contribution in [0.3, 0.4) is 0 Å². The molecule has 0 unspecified atom stereocenters. The van der Waals surface area contributed by atoms with Gasteiger partial charge in [0.2, 0.25) is 0 Å². The molecule has 0 bridgehead atoms. The van der Waals surface area contributed by atoms with E-state index in [0.717, 1.165) is 0 Å². The van der Waals surface area contributed by atoms with Crippen LogP contribution in [0.25, 0.3) is 0 Å². The predicted molar refractivity (Wildman–Crippen MR) is 115 cm³/mol. The molecule has 2 aromatic carbocycles. The van der Waals surface area contributed by atoms with Crippen molar-refractivity contribution < 1.29 is 37.7 Å². The zero-order valence-electron chi connectivity index (χ0n) is 17.9. The summed E-state index contributed by atoms with van der Waals surface area (Å²) in [5.74, 6) is 0.859. The maximum atomic E-state index is 12.7. The van der Waals surface area contributed by atoms with E-state index in [1.54, 1.807) is 37.4 Å². The molecule has 1 heterocycles. The van der Waals surface area contributed by atoms with Gasteiger partial charge in [-0.2, -0.15) is 0 Å². The number of hydrogen-bond acceptors (Lipinski definition) is 8. The molecule has 0 aliphatic carbocycles. The van der Waals surface area contributed by atoms with E-state index in [-0.39, 0.29) is 30.2 Å². The average molecular weight is 441 g/mol. The van der Waals surface area contributed by atoms with E-state index in [2.05, 4.69) is 5.32 Å². The first kappa shape index (κ1) is 22.5. The van der Waals surface area contributed by atoms with Crippen LogP contribution in [-0.2, 0) is 4.74 Å². The lowest BCUT2D eigenvalue weighted by Gasteiger charge is -2.15. The molecule has 3 rings (SSSR count). The van der Waals surface area contributed by atoms with Crippen molar-refractivity contribution in [3.05, 3.63) is 66.1 Å². The fourth-order valence-corrected chi connectivity index (χ4v) is 2.79. The van der Waals surface area contributed by atoms with Crippen LogP contribution >= 0.6 is 0 Å². The summed E-state index contributed by atoms with van der Waals surface area (Å²) < 4.78 is 31.6. The minimum atomic E-state index is -0.668. The number of furan rings is 1. The second kappa shape index (κ2) is 10.8. The van der Waals surface area contributed by atoms with Gasteiger partial charge in [-0.05, 0) is 36.4 Å². The van der Waals surface area contributed by atoms with Gasteiger partial charge in [0.15, 0.2) is 17.3 Å². The third-order valence-electron chi connectivity index (χ3n) is 4.38. The number of anilines is 1. The molecule has 0 spiro atoms. The van der Waals surface area contributed by atoms with E-state index in [0.29, 0.717) is 23.0 Å². The SMILES string of the molecule is COc1ccc(OCCOC(=O)c2cc(OC)c(OC)cc2NC(=O)c2ccco2)cc1. The topological polar surface area (TPSA) is 105 Å². The number of hydrogen-bond donors (Lipinski definition) is 1. The summed E-state index contributed by atoms with van der Waals surface area (Å²) in [6, 6.07) is 13.0. The van der Waals surface area contributed by atoms with Gasteiger partial charge < -0.3 is 33.4 Å². The van der Waals surface area contributed by atoms with Gasteiger partial charge in [0, 0.05) is 12.1 Å². The van der Waals surface area contributed by atoms with Crippen molar-refractivity contribution in [2.45, 2.75) is 0 Å². The molecule has 0 fully saturated rings. The Labute approximate surface area is 184 Å². The van der Waals surface area contributed by atoms with Crippen molar-refractivity contribution in [3.63, 3.8) is 0 Å². The molecule has 168 valence electrons. The number of rotatable bonds is 10. The Kier molecular flexibility index (Phi) is 7.58. The van der Waals surface area contributed by atoms with Gasteiger partial charge in [0.25, 0.3) is 5.91 Å². The van der Waals surface area contributed by atoms with Crippen LogP contribution in [-0.4, -0.2) is 46.4 Å². The van der Waals surface area contributed by atoms with Crippen LogP contribution in [0, 0.1) is 0 Å².